The molecule has 0 saturated heterocycles. The van der Waals surface area contributed by atoms with Crippen LogP contribution >= 0.6 is 43.2 Å². The van der Waals surface area contributed by atoms with Gasteiger partial charge in [-0.25, -0.2) is 4.39 Å². The molecule has 0 aliphatic rings. The third-order valence-corrected chi connectivity index (χ3v) is 4.81. The van der Waals surface area contributed by atoms with E-state index in [1.54, 1.807) is 5.38 Å². The molecule has 0 spiro atoms. The summed E-state index contributed by atoms with van der Waals surface area (Å²) in [5.74, 6) is -0.148. The van der Waals surface area contributed by atoms with Gasteiger partial charge in [-0.3, -0.25) is 0 Å². The molecule has 4 heteroatoms. The highest BCUT2D eigenvalue weighted by Crippen LogP contribution is 2.35. The topological polar surface area (TPSA) is 0 Å². The number of hydrogen-bond acceptors (Lipinski definition) is 1. The van der Waals surface area contributed by atoms with E-state index < -0.39 is 0 Å². The maximum absolute atomic E-state index is 13.3. The van der Waals surface area contributed by atoms with E-state index in [4.69, 9.17) is 0 Å². The third-order valence-electron chi connectivity index (χ3n) is 2.04. The SMILES string of the molecule is Fc1ccsc1C(Br)c1ccc(Br)cc1. The second kappa shape index (κ2) is 4.76. The summed E-state index contributed by atoms with van der Waals surface area (Å²) in [6.07, 6.45) is 0. The van der Waals surface area contributed by atoms with Crippen molar-refractivity contribution in [2.24, 2.45) is 0 Å². The molecule has 0 fully saturated rings. The van der Waals surface area contributed by atoms with Gasteiger partial charge in [0.25, 0.3) is 0 Å². The Labute approximate surface area is 108 Å². The van der Waals surface area contributed by atoms with E-state index in [1.165, 1.54) is 17.4 Å². The summed E-state index contributed by atoms with van der Waals surface area (Å²) < 4.78 is 14.4. The fraction of sp³-hybridized carbons (Fsp3) is 0.0909. The van der Waals surface area contributed by atoms with Gasteiger partial charge in [-0.05, 0) is 29.1 Å². The van der Waals surface area contributed by atoms with E-state index in [2.05, 4.69) is 31.9 Å². The summed E-state index contributed by atoms with van der Waals surface area (Å²) >= 11 is 8.30. The summed E-state index contributed by atoms with van der Waals surface area (Å²) in [4.78, 5) is 0.655. The number of halogens is 3. The van der Waals surface area contributed by atoms with Crippen molar-refractivity contribution in [2.45, 2.75) is 4.83 Å². The molecule has 0 nitrogen and oxygen atoms in total. The predicted octanol–water partition coefficient (Wildman–Crippen LogP) is 5.13. The normalized spacial score (nSPS) is 12.7. The van der Waals surface area contributed by atoms with Crippen LogP contribution in [0.3, 0.4) is 0 Å². The van der Waals surface area contributed by atoms with Gasteiger partial charge in [0.15, 0.2) is 0 Å². The molecular weight excluding hydrogens is 343 g/mol. The van der Waals surface area contributed by atoms with Crippen LogP contribution in [-0.2, 0) is 0 Å². The Morgan fingerprint density at radius 2 is 1.80 bits per heavy atom. The Morgan fingerprint density at radius 1 is 1.13 bits per heavy atom. The largest absolute Gasteiger partial charge is 0.206 e. The Bertz CT molecular complexity index is 450. The summed E-state index contributed by atoms with van der Waals surface area (Å²) in [5.41, 5.74) is 1.06. The van der Waals surface area contributed by atoms with Crippen LogP contribution < -0.4 is 0 Å². The molecule has 0 saturated carbocycles. The first-order valence-corrected chi connectivity index (χ1v) is 6.90. The van der Waals surface area contributed by atoms with Crippen LogP contribution in [-0.4, -0.2) is 0 Å². The molecule has 0 bridgehead atoms. The van der Waals surface area contributed by atoms with Crippen LogP contribution in [0.1, 0.15) is 15.3 Å². The summed E-state index contributed by atoms with van der Waals surface area (Å²) in [5, 5.41) is 1.76. The van der Waals surface area contributed by atoms with Crippen molar-refractivity contribution in [1.82, 2.24) is 0 Å². The zero-order valence-corrected chi connectivity index (χ0v) is 11.6. The molecule has 0 amide bonds. The maximum atomic E-state index is 13.3. The molecule has 1 aromatic heterocycles. The quantitative estimate of drug-likeness (QED) is 0.659. The second-order valence-electron chi connectivity index (χ2n) is 3.05. The first kappa shape index (κ1) is 11.3. The maximum Gasteiger partial charge on any atom is 0.138 e. The fourth-order valence-electron chi connectivity index (χ4n) is 1.27. The highest BCUT2D eigenvalue weighted by molar-refractivity contribution is 9.10. The average molecular weight is 350 g/mol. The summed E-state index contributed by atoms with van der Waals surface area (Å²) in [7, 11) is 0. The van der Waals surface area contributed by atoms with E-state index >= 15 is 0 Å². The Kier molecular flexibility index (Phi) is 3.59. The standard InChI is InChI=1S/C11H7Br2FS/c12-8-3-1-7(2-4-8)10(13)11-9(14)5-6-15-11/h1-6,10H. The lowest BCUT2D eigenvalue weighted by atomic mass is 10.1. The van der Waals surface area contributed by atoms with E-state index in [0.717, 1.165) is 14.9 Å². The summed E-state index contributed by atoms with van der Waals surface area (Å²) in [6, 6.07) is 9.35. The molecule has 1 atom stereocenters. The predicted molar refractivity (Wildman–Crippen MR) is 69.2 cm³/mol. The Hall–Kier alpha value is -0.190. The Balaban J connectivity index is 2.32. The van der Waals surface area contributed by atoms with Crippen LogP contribution in [0.2, 0.25) is 0 Å². The van der Waals surface area contributed by atoms with E-state index in [1.807, 2.05) is 24.3 Å². The van der Waals surface area contributed by atoms with Crippen molar-refractivity contribution in [2.75, 3.05) is 0 Å². The highest BCUT2D eigenvalue weighted by Gasteiger charge is 2.15. The lowest BCUT2D eigenvalue weighted by Gasteiger charge is -2.08. The van der Waals surface area contributed by atoms with Crippen molar-refractivity contribution in [1.29, 1.82) is 0 Å². The molecule has 1 aromatic carbocycles. The third kappa shape index (κ3) is 2.49. The molecule has 0 aliphatic heterocycles. The van der Waals surface area contributed by atoms with Gasteiger partial charge in [0.2, 0.25) is 0 Å². The van der Waals surface area contributed by atoms with Crippen LogP contribution in [0.25, 0.3) is 0 Å². The minimum atomic E-state index is -0.148. The molecule has 1 unspecified atom stereocenters. The van der Waals surface area contributed by atoms with Gasteiger partial charge in [-0.15, -0.1) is 11.3 Å². The molecule has 2 rings (SSSR count). The lowest BCUT2D eigenvalue weighted by Crippen LogP contribution is -1.91. The van der Waals surface area contributed by atoms with E-state index in [0.29, 0.717) is 0 Å². The van der Waals surface area contributed by atoms with Crippen molar-refractivity contribution in [3.05, 3.63) is 56.4 Å². The second-order valence-corrected chi connectivity index (χ2v) is 5.83. The lowest BCUT2D eigenvalue weighted by molar-refractivity contribution is 0.621. The molecule has 0 aliphatic carbocycles. The van der Waals surface area contributed by atoms with Crippen molar-refractivity contribution in [3.8, 4) is 0 Å². The summed E-state index contributed by atoms with van der Waals surface area (Å²) in [6.45, 7) is 0. The molecule has 2 aromatic rings. The monoisotopic (exact) mass is 348 g/mol. The van der Waals surface area contributed by atoms with Gasteiger partial charge in [-0.1, -0.05) is 44.0 Å². The first-order valence-electron chi connectivity index (χ1n) is 4.31. The highest BCUT2D eigenvalue weighted by atomic mass is 79.9. The number of hydrogen-bond donors (Lipinski definition) is 0. The number of alkyl halides is 1. The zero-order valence-electron chi connectivity index (χ0n) is 7.58. The number of thiophene rings is 1. The van der Waals surface area contributed by atoms with Crippen molar-refractivity contribution in [3.63, 3.8) is 0 Å². The number of rotatable bonds is 2. The zero-order chi connectivity index (χ0) is 10.8. The smallest absolute Gasteiger partial charge is 0.138 e. The molecule has 78 valence electrons. The minimum absolute atomic E-state index is 0.0643. The van der Waals surface area contributed by atoms with Crippen LogP contribution in [0.5, 0.6) is 0 Å². The van der Waals surface area contributed by atoms with Gasteiger partial charge in [0.05, 0.1) is 9.70 Å². The van der Waals surface area contributed by atoms with Gasteiger partial charge in [0, 0.05) is 4.47 Å². The van der Waals surface area contributed by atoms with Crippen LogP contribution in [0.4, 0.5) is 4.39 Å². The molecule has 0 radical (unpaired) electrons. The first-order chi connectivity index (χ1) is 7.18. The van der Waals surface area contributed by atoms with Crippen molar-refractivity contribution >= 4 is 43.2 Å². The van der Waals surface area contributed by atoms with Gasteiger partial charge < -0.3 is 0 Å². The molecular formula is C11H7Br2FS. The van der Waals surface area contributed by atoms with Crippen molar-refractivity contribution < 1.29 is 4.39 Å². The molecule has 1 heterocycles. The average Bonchev–Trinajstić information content (AvgIpc) is 2.65. The fourth-order valence-corrected chi connectivity index (χ4v) is 3.15. The van der Waals surface area contributed by atoms with E-state index in [9.17, 15) is 4.39 Å². The van der Waals surface area contributed by atoms with Crippen LogP contribution in [0.15, 0.2) is 40.2 Å². The van der Waals surface area contributed by atoms with E-state index in [-0.39, 0.29) is 10.6 Å². The Morgan fingerprint density at radius 3 is 2.33 bits per heavy atom. The molecule has 0 N–H and O–H groups in total. The number of benzene rings is 1. The van der Waals surface area contributed by atoms with Gasteiger partial charge >= 0.3 is 0 Å². The van der Waals surface area contributed by atoms with Gasteiger partial charge in [0.1, 0.15) is 5.82 Å². The molecule has 15 heavy (non-hydrogen) atoms. The van der Waals surface area contributed by atoms with Crippen LogP contribution in [0, 0.1) is 5.82 Å². The minimum Gasteiger partial charge on any atom is -0.206 e. The van der Waals surface area contributed by atoms with Gasteiger partial charge in [-0.2, -0.15) is 0 Å².